The summed E-state index contributed by atoms with van der Waals surface area (Å²) in [4.78, 5) is 12.8. The van der Waals surface area contributed by atoms with E-state index >= 15 is 0 Å². The number of nitrogens with one attached hydrogen (secondary N) is 1. The van der Waals surface area contributed by atoms with Crippen molar-refractivity contribution in [2.24, 2.45) is 0 Å². The Morgan fingerprint density at radius 1 is 1.16 bits per heavy atom. The summed E-state index contributed by atoms with van der Waals surface area (Å²) in [5, 5.41) is 3.12. The van der Waals surface area contributed by atoms with E-state index in [0.717, 1.165) is 6.42 Å². The van der Waals surface area contributed by atoms with E-state index in [-0.39, 0.29) is 22.9 Å². The monoisotopic (exact) mass is 482 g/mol. The Balaban J connectivity index is 1.83. The molecule has 32 heavy (non-hydrogen) atoms. The average molecular weight is 483 g/mol. The molecule has 10 heteroatoms. The molecule has 1 heterocycles. The van der Waals surface area contributed by atoms with Gasteiger partial charge in [-0.2, -0.15) is 4.31 Å². The van der Waals surface area contributed by atoms with E-state index in [0.29, 0.717) is 54.1 Å². The van der Waals surface area contributed by atoms with Crippen LogP contribution in [0.15, 0.2) is 35.2 Å². The topological polar surface area (TPSA) is 94.2 Å². The Hall–Kier alpha value is -2.49. The fourth-order valence-electron chi connectivity index (χ4n) is 3.42. The molecule has 1 amide bonds. The van der Waals surface area contributed by atoms with E-state index in [1.54, 1.807) is 26.0 Å². The zero-order valence-corrected chi connectivity index (χ0v) is 19.9. The number of carbonyl (C=O) groups excluding carboxylic acids is 1. The number of amides is 1. The zero-order chi connectivity index (χ0) is 23.3. The Morgan fingerprint density at radius 2 is 1.88 bits per heavy atom. The molecule has 0 spiro atoms. The van der Waals surface area contributed by atoms with Gasteiger partial charge in [0.15, 0.2) is 11.5 Å². The van der Waals surface area contributed by atoms with E-state index in [9.17, 15) is 13.2 Å². The molecule has 0 saturated carbocycles. The lowest BCUT2D eigenvalue weighted by Crippen LogP contribution is -2.30. The number of benzene rings is 2. The third-order valence-corrected chi connectivity index (χ3v) is 7.34. The Labute approximate surface area is 193 Å². The number of fused-ring (bicyclic) bond motifs is 1. The van der Waals surface area contributed by atoms with Crippen molar-refractivity contribution >= 4 is 33.2 Å². The fraction of sp³-hybridized carbons (Fsp3) is 0.409. The summed E-state index contributed by atoms with van der Waals surface area (Å²) in [6.07, 6.45) is 0.750. The van der Waals surface area contributed by atoms with Gasteiger partial charge in [0.25, 0.3) is 0 Å². The van der Waals surface area contributed by atoms with Gasteiger partial charge < -0.3 is 19.5 Å². The lowest BCUT2D eigenvalue weighted by atomic mass is 10.1. The Kier molecular flexibility index (Phi) is 7.86. The normalized spacial score (nSPS) is 13.5. The van der Waals surface area contributed by atoms with Gasteiger partial charge in [-0.3, -0.25) is 4.79 Å². The molecule has 0 aromatic heterocycles. The van der Waals surface area contributed by atoms with Gasteiger partial charge in [-0.25, -0.2) is 8.42 Å². The molecule has 174 valence electrons. The largest absolute Gasteiger partial charge is 0.495 e. The number of carbonyl (C=O) groups is 1. The standard InChI is InChI=1S/C22H27ClN2O6S/c1-4-25(5-2)32(27,28)16-7-8-19(29-3)18(14-16)24-21(26)13-15-11-17(23)22-20(12-15)30-9-6-10-31-22/h7-8,11-12,14H,4-6,9-10,13H2,1-3H3,(H,24,26). The molecule has 8 nitrogen and oxygen atoms in total. The van der Waals surface area contributed by atoms with Crippen LogP contribution in [0.4, 0.5) is 5.69 Å². The highest BCUT2D eigenvalue weighted by Gasteiger charge is 2.23. The van der Waals surface area contributed by atoms with Crippen molar-refractivity contribution in [3.63, 3.8) is 0 Å². The summed E-state index contributed by atoms with van der Waals surface area (Å²) in [5.41, 5.74) is 0.911. The van der Waals surface area contributed by atoms with Gasteiger partial charge in [-0.15, -0.1) is 0 Å². The number of hydrogen-bond acceptors (Lipinski definition) is 6. The summed E-state index contributed by atoms with van der Waals surface area (Å²) in [7, 11) is -2.23. The highest BCUT2D eigenvalue weighted by atomic mass is 35.5. The van der Waals surface area contributed by atoms with Crippen molar-refractivity contribution in [2.75, 3.05) is 38.7 Å². The van der Waals surface area contributed by atoms with E-state index in [2.05, 4.69) is 5.32 Å². The molecule has 1 aliphatic rings. The van der Waals surface area contributed by atoms with E-state index in [4.69, 9.17) is 25.8 Å². The fourth-order valence-corrected chi connectivity index (χ4v) is 5.20. The molecular formula is C22H27ClN2O6S. The predicted molar refractivity (Wildman–Crippen MR) is 122 cm³/mol. The quantitative estimate of drug-likeness (QED) is 0.616. The molecule has 0 fully saturated rings. The number of sulfonamides is 1. The van der Waals surface area contributed by atoms with Crippen molar-refractivity contribution in [2.45, 2.75) is 31.6 Å². The number of anilines is 1. The number of halogens is 1. The first kappa shape index (κ1) is 24.2. The van der Waals surface area contributed by atoms with Crippen LogP contribution in [-0.2, 0) is 21.2 Å². The third-order valence-electron chi connectivity index (χ3n) is 5.01. The second-order valence-corrected chi connectivity index (χ2v) is 9.48. The van der Waals surface area contributed by atoms with Gasteiger partial charge in [0.1, 0.15) is 5.75 Å². The van der Waals surface area contributed by atoms with E-state index in [1.165, 1.54) is 29.6 Å². The molecule has 1 aliphatic heterocycles. The molecule has 0 aliphatic carbocycles. The van der Waals surface area contributed by atoms with Crippen LogP contribution in [0.2, 0.25) is 5.02 Å². The SMILES string of the molecule is CCN(CC)S(=O)(=O)c1ccc(OC)c(NC(=O)Cc2cc(Cl)c3c(c2)OCCCO3)c1. The van der Waals surface area contributed by atoms with Crippen molar-refractivity contribution < 1.29 is 27.4 Å². The molecule has 2 aromatic carbocycles. The number of rotatable bonds is 8. The zero-order valence-electron chi connectivity index (χ0n) is 18.3. The molecule has 0 radical (unpaired) electrons. The minimum atomic E-state index is -3.68. The van der Waals surface area contributed by atoms with Crippen molar-refractivity contribution in [3.8, 4) is 17.2 Å². The highest BCUT2D eigenvalue weighted by Crippen LogP contribution is 2.38. The average Bonchev–Trinajstić information content (AvgIpc) is 3.00. The number of hydrogen-bond donors (Lipinski definition) is 1. The van der Waals surface area contributed by atoms with Crippen LogP contribution < -0.4 is 19.5 Å². The smallest absolute Gasteiger partial charge is 0.243 e. The number of ether oxygens (including phenoxy) is 3. The van der Waals surface area contributed by atoms with Crippen LogP contribution in [-0.4, -0.2) is 52.0 Å². The summed E-state index contributed by atoms with van der Waals surface area (Å²) in [6.45, 7) is 5.25. The Morgan fingerprint density at radius 3 is 2.56 bits per heavy atom. The molecule has 3 rings (SSSR count). The first-order valence-corrected chi connectivity index (χ1v) is 12.2. The first-order valence-electron chi connectivity index (χ1n) is 10.4. The lowest BCUT2D eigenvalue weighted by Gasteiger charge is -2.19. The maximum absolute atomic E-state index is 12.9. The molecule has 0 bridgehead atoms. The van der Waals surface area contributed by atoms with Gasteiger partial charge in [-0.1, -0.05) is 25.4 Å². The lowest BCUT2D eigenvalue weighted by molar-refractivity contribution is -0.115. The summed E-state index contributed by atoms with van der Waals surface area (Å²) in [5.74, 6) is 0.979. The molecule has 2 aromatic rings. The second kappa shape index (κ2) is 10.4. The predicted octanol–water partition coefficient (Wildman–Crippen LogP) is 3.72. The van der Waals surface area contributed by atoms with Crippen molar-refractivity contribution in [1.29, 1.82) is 0 Å². The molecule has 0 atom stereocenters. The number of methoxy groups -OCH3 is 1. The van der Waals surface area contributed by atoms with Crippen molar-refractivity contribution in [1.82, 2.24) is 4.31 Å². The molecular weight excluding hydrogens is 456 g/mol. The minimum absolute atomic E-state index is 0.00649. The molecule has 1 N–H and O–H groups in total. The summed E-state index contributed by atoms with van der Waals surface area (Å²) >= 11 is 6.31. The minimum Gasteiger partial charge on any atom is -0.495 e. The van der Waals surface area contributed by atoms with Crippen molar-refractivity contribution in [3.05, 3.63) is 40.9 Å². The van der Waals surface area contributed by atoms with Gasteiger partial charge in [0, 0.05) is 19.5 Å². The maximum Gasteiger partial charge on any atom is 0.243 e. The van der Waals surface area contributed by atoms with Gasteiger partial charge in [-0.05, 0) is 35.9 Å². The highest BCUT2D eigenvalue weighted by molar-refractivity contribution is 7.89. The third kappa shape index (κ3) is 5.28. The summed E-state index contributed by atoms with van der Waals surface area (Å²) in [6, 6.07) is 7.78. The molecule has 0 saturated heterocycles. The van der Waals surface area contributed by atoms with Crippen LogP contribution in [0.25, 0.3) is 0 Å². The van der Waals surface area contributed by atoms with E-state index in [1.807, 2.05) is 0 Å². The van der Waals surface area contributed by atoms with Crippen LogP contribution >= 0.6 is 11.6 Å². The Bertz CT molecular complexity index is 1090. The van der Waals surface area contributed by atoms with Gasteiger partial charge in [0.2, 0.25) is 15.9 Å². The second-order valence-electron chi connectivity index (χ2n) is 7.13. The van der Waals surface area contributed by atoms with Crippen LogP contribution in [0.3, 0.4) is 0 Å². The van der Waals surface area contributed by atoms with E-state index < -0.39 is 10.0 Å². The first-order chi connectivity index (χ1) is 15.3. The van der Waals surface area contributed by atoms with Crippen LogP contribution in [0.5, 0.6) is 17.2 Å². The van der Waals surface area contributed by atoms with Crippen LogP contribution in [0, 0.1) is 0 Å². The molecule has 0 unspecified atom stereocenters. The maximum atomic E-state index is 12.9. The van der Waals surface area contributed by atoms with Crippen LogP contribution in [0.1, 0.15) is 25.8 Å². The number of nitrogens with zero attached hydrogens (tertiary/aromatic N) is 1. The van der Waals surface area contributed by atoms with Gasteiger partial charge >= 0.3 is 0 Å². The van der Waals surface area contributed by atoms with Gasteiger partial charge in [0.05, 0.1) is 42.3 Å². The summed E-state index contributed by atoms with van der Waals surface area (Å²) < 4.78 is 43.6.